The number of benzene rings is 1. The number of aromatic nitrogens is 1. The average molecular weight is 357 g/mol. The Labute approximate surface area is 154 Å². The van der Waals surface area contributed by atoms with Gasteiger partial charge in [0.25, 0.3) is 0 Å². The molecule has 1 aliphatic rings. The van der Waals surface area contributed by atoms with Crippen molar-refractivity contribution < 1.29 is 9.32 Å². The Kier molecular flexibility index (Phi) is 5.18. The molecule has 1 fully saturated rings. The van der Waals surface area contributed by atoms with Gasteiger partial charge in [-0.1, -0.05) is 25.9 Å². The van der Waals surface area contributed by atoms with Crippen LogP contribution in [0.25, 0.3) is 0 Å². The fraction of sp³-hybridized carbons (Fsp3) is 0.474. The highest BCUT2D eigenvalue weighted by molar-refractivity contribution is 5.99. The van der Waals surface area contributed by atoms with E-state index < -0.39 is 0 Å². The van der Waals surface area contributed by atoms with Crippen molar-refractivity contribution in [3.63, 3.8) is 0 Å². The number of nitrogens with zero attached hydrogens (tertiary/aromatic N) is 3. The fourth-order valence-electron chi connectivity index (χ4n) is 2.79. The van der Waals surface area contributed by atoms with Gasteiger partial charge in [0, 0.05) is 49.0 Å². The largest absolute Gasteiger partial charge is 0.369 e. The van der Waals surface area contributed by atoms with Gasteiger partial charge in [0.15, 0.2) is 5.82 Å². The van der Waals surface area contributed by atoms with Gasteiger partial charge in [0.05, 0.1) is 0 Å². The van der Waals surface area contributed by atoms with Crippen LogP contribution in [0.3, 0.4) is 0 Å². The molecular formula is C19H27N5O2. The van der Waals surface area contributed by atoms with Crippen LogP contribution in [0.15, 0.2) is 34.9 Å². The Hall–Kier alpha value is -2.54. The lowest BCUT2D eigenvalue weighted by molar-refractivity contribution is 0.262. The lowest BCUT2D eigenvalue weighted by Crippen LogP contribution is -2.44. The van der Waals surface area contributed by atoms with Crippen molar-refractivity contribution in [1.82, 2.24) is 10.1 Å². The first-order valence-electron chi connectivity index (χ1n) is 8.90. The van der Waals surface area contributed by atoms with Crippen LogP contribution in [0.5, 0.6) is 0 Å². The number of carbonyl (C=O) groups is 1. The second kappa shape index (κ2) is 7.37. The number of hydrogen-bond acceptors (Lipinski definition) is 5. The number of hydrogen-bond donors (Lipinski definition) is 2. The van der Waals surface area contributed by atoms with E-state index in [9.17, 15) is 4.79 Å². The van der Waals surface area contributed by atoms with E-state index >= 15 is 0 Å². The summed E-state index contributed by atoms with van der Waals surface area (Å²) in [6.07, 6.45) is 0. The molecule has 0 unspecified atom stereocenters. The van der Waals surface area contributed by atoms with Crippen LogP contribution < -0.4 is 15.5 Å². The summed E-state index contributed by atoms with van der Waals surface area (Å²) >= 11 is 0. The van der Waals surface area contributed by atoms with Crippen LogP contribution in [0.1, 0.15) is 26.5 Å². The summed E-state index contributed by atoms with van der Waals surface area (Å²) in [5.41, 5.74) is 1.76. The third kappa shape index (κ3) is 4.54. The minimum Gasteiger partial charge on any atom is -0.369 e. The van der Waals surface area contributed by atoms with E-state index in [1.807, 2.05) is 45.0 Å². The van der Waals surface area contributed by atoms with Crippen molar-refractivity contribution in [1.29, 1.82) is 0 Å². The minimum absolute atomic E-state index is 0.150. The first kappa shape index (κ1) is 18.3. The zero-order chi connectivity index (χ0) is 18.7. The van der Waals surface area contributed by atoms with E-state index in [-0.39, 0.29) is 11.4 Å². The Bertz CT molecular complexity index is 740. The Balaban J connectivity index is 1.55. The summed E-state index contributed by atoms with van der Waals surface area (Å²) in [7, 11) is 2.14. The molecule has 0 aliphatic carbocycles. The quantitative estimate of drug-likeness (QED) is 0.881. The third-order valence-electron chi connectivity index (χ3n) is 4.48. The molecule has 1 aliphatic heterocycles. The van der Waals surface area contributed by atoms with Crippen LogP contribution >= 0.6 is 0 Å². The molecule has 7 nitrogen and oxygen atoms in total. The van der Waals surface area contributed by atoms with Crippen LogP contribution in [0.4, 0.5) is 22.0 Å². The van der Waals surface area contributed by atoms with E-state index in [1.165, 1.54) is 5.69 Å². The van der Waals surface area contributed by atoms with Crippen LogP contribution in [0, 0.1) is 0 Å². The van der Waals surface area contributed by atoms with Gasteiger partial charge in [-0.2, -0.15) is 0 Å². The molecule has 0 atom stereocenters. The standard InChI is InChI=1S/C19H27N5O2/c1-19(2,3)16-13-17(22-26-16)21-18(25)20-14-5-7-15(8-6-14)24-11-9-23(4)10-12-24/h5-8,13H,9-12H2,1-4H3,(H2,20,21,22,25). The normalized spacial score (nSPS) is 15.8. The zero-order valence-electron chi connectivity index (χ0n) is 15.9. The van der Waals surface area contributed by atoms with Gasteiger partial charge in [-0.25, -0.2) is 4.79 Å². The molecular weight excluding hydrogens is 330 g/mol. The van der Waals surface area contributed by atoms with Gasteiger partial charge in [-0.05, 0) is 31.3 Å². The third-order valence-corrected chi connectivity index (χ3v) is 4.48. The van der Waals surface area contributed by atoms with Crippen LogP contribution in [-0.2, 0) is 5.41 Å². The Morgan fingerprint density at radius 2 is 1.73 bits per heavy atom. The van der Waals surface area contributed by atoms with Gasteiger partial charge >= 0.3 is 6.03 Å². The highest BCUT2D eigenvalue weighted by Gasteiger charge is 2.20. The molecule has 0 saturated carbocycles. The topological polar surface area (TPSA) is 73.6 Å². The van der Waals surface area contributed by atoms with E-state index in [0.717, 1.165) is 37.6 Å². The van der Waals surface area contributed by atoms with Crippen molar-refractivity contribution in [2.75, 3.05) is 48.8 Å². The summed E-state index contributed by atoms with van der Waals surface area (Å²) < 4.78 is 5.27. The molecule has 26 heavy (non-hydrogen) atoms. The maximum atomic E-state index is 12.1. The van der Waals surface area contributed by atoms with Crippen molar-refractivity contribution in [2.24, 2.45) is 0 Å². The number of anilines is 3. The molecule has 2 aromatic rings. The summed E-state index contributed by atoms with van der Waals surface area (Å²) in [5, 5.41) is 9.40. The number of carbonyl (C=O) groups excluding carboxylic acids is 1. The van der Waals surface area contributed by atoms with E-state index in [0.29, 0.717) is 5.82 Å². The number of amides is 2. The number of piperazine rings is 1. The monoisotopic (exact) mass is 357 g/mol. The Morgan fingerprint density at radius 1 is 1.08 bits per heavy atom. The number of nitrogens with one attached hydrogen (secondary N) is 2. The van der Waals surface area contributed by atoms with Crippen LogP contribution in [0.2, 0.25) is 0 Å². The first-order chi connectivity index (χ1) is 12.3. The van der Waals surface area contributed by atoms with Crippen molar-refractivity contribution in [3.05, 3.63) is 36.1 Å². The van der Waals surface area contributed by atoms with Crippen molar-refractivity contribution >= 4 is 23.2 Å². The maximum absolute atomic E-state index is 12.1. The molecule has 2 N–H and O–H groups in total. The maximum Gasteiger partial charge on any atom is 0.324 e. The molecule has 3 rings (SSSR count). The lowest BCUT2D eigenvalue weighted by Gasteiger charge is -2.34. The van der Waals surface area contributed by atoms with Gasteiger partial charge in [0.2, 0.25) is 0 Å². The molecule has 2 heterocycles. The molecule has 140 valence electrons. The summed E-state index contributed by atoms with van der Waals surface area (Å²) in [5.74, 6) is 1.13. The average Bonchev–Trinajstić information content (AvgIpc) is 3.05. The summed E-state index contributed by atoms with van der Waals surface area (Å²) in [4.78, 5) is 16.8. The predicted octanol–water partition coefficient (Wildman–Crippen LogP) is 3.37. The van der Waals surface area contributed by atoms with Gasteiger partial charge in [-0.15, -0.1) is 0 Å². The molecule has 7 heteroatoms. The minimum atomic E-state index is -0.342. The highest BCUT2D eigenvalue weighted by atomic mass is 16.5. The molecule has 0 radical (unpaired) electrons. The Morgan fingerprint density at radius 3 is 2.31 bits per heavy atom. The van der Waals surface area contributed by atoms with Gasteiger partial charge in [-0.3, -0.25) is 5.32 Å². The second-order valence-corrected chi connectivity index (χ2v) is 7.74. The fourth-order valence-corrected chi connectivity index (χ4v) is 2.79. The molecule has 2 amide bonds. The molecule has 1 saturated heterocycles. The summed E-state index contributed by atoms with van der Waals surface area (Å²) in [6, 6.07) is 9.30. The SMILES string of the molecule is CN1CCN(c2ccc(NC(=O)Nc3cc(C(C)(C)C)on3)cc2)CC1. The van der Waals surface area contributed by atoms with Gasteiger partial charge in [0.1, 0.15) is 5.76 Å². The second-order valence-electron chi connectivity index (χ2n) is 7.74. The molecule has 0 spiro atoms. The molecule has 1 aromatic heterocycles. The first-order valence-corrected chi connectivity index (χ1v) is 8.90. The van der Waals surface area contributed by atoms with Gasteiger partial charge < -0.3 is 19.6 Å². The summed E-state index contributed by atoms with van der Waals surface area (Å²) in [6.45, 7) is 10.3. The zero-order valence-corrected chi connectivity index (χ0v) is 15.9. The number of urea groups is 1. The smallest absolute Gasteiger partial charge is 0.324 e. The van der Waals surface area contributed by atoms with Crippen LogP contribution in [-0.4, -0.2) is 49.3 Å². The highest BCUT2D eigenvalue weighted by Crippen LogP contribution is 2.24. The lowest BCUT2D eigenvalue weighted by atomic mass is 9.93. The van der Waals surface area contributed by atoms with Crippen molar-refractivity contribution in [3.8, 4) is 0 Å². The van der Waals surface area contributed by atoms with E-state index in [4.69, 9.17) is 4.52 Å². The molecule has 1 aromatic carbocycles. The van der Waals surface area contributed by atoms with E-state index in [2.05, 4.69) is 32.6 Å². The molecule has 0 bridgehead atoms. The number of likely N-dealkylation sites (N-methyl/N-ethyl adjacent to an activating group) is 1. The predicted molar refractivity (Wildman–Crippen MR) is 104 cm³/mol. The van der Waals surface area contributed by atoms with Crippen molar-refractivity contribution in [2.45, 2.75) is 26.2 Å². The number of rotatable bonds is 3. The van der Waals surface area contributed by atoms with E-state index in [1.54, 1.807) is 6.07 Å².